The van der Waals surface area contributed by atoms with Crippen molar-refractivity contribution in [3.63, 3.8) is 0 Å². The molecule has 0 bridgehead atoms. The average molecular weight is 337 g/mol. The summed E-state index contributed by atoms with van der Waals surface area (Å²) in [5.74, 6) is 0.539. The van der Waals surface area contributed by atoms with Crippen molar-refractivity contribution < 1.29 is 4.39 Å². The van der Waals surface area contributed by atoms with Crippen LogP contribution in [0.15, 0.2) is 18.2 Å². The molecule has 2 nitrogen and oxygen atoms in total. The standard InChI is InChI=1S/C16H25FN2.2ClH/c1-12(2)10-16(19-8-6-18-7-9-19)14-4-5-15(17)13(3)11-14;;/h4-5,11-12,16,18H,6-10H2,1-3H3;2*1H/t16-;;/m1../s1. The van der Waals surface area contributed by atoms with Gasteiger partial charge in [0, 0.05) is 32.2 Å². The second-order valence-electron chi connectivity index (χ2n) is 5.94. The van der Waals surface area contributed by atoms with Crippen LogP contribution in [0.4, 0.5) is 4.39 Å². The molecule has 5 heteroatoms. The van der Waals surface area contributed by atoms with Crippen molar-refractivity contribution in [2.24, 2.45) is 5.92 Å². The summed E-state index contributed by atoms with van der Waals surface area (Å²) < 4.78 is 13.4. The van der Waals surface area contributed by atoms with Crippen LogP contribution in [0, 0.1) is 18.7 Å². The van der Waals surface area contributed by atoms with Gasteiger partial charge in [-0.1, -0.05) is 26.0 Å². The van der Waals surface area contributed by atoms with Crippen molar-refractivity contribution in [1.82, 2.24) is 10.2 Å². The Morgan fingerprint density at radius 1 is 1.19 bits per heavy atom. The lowest BCUT2D eigenvalue weighted by atomic mass is 9.94. The predicted molar refractivity (Wildman–Crippen MR) is 92.3 cm³/mol. The summed E-state index contributed by atoms with van der Waals surface area (Å²) in [6.45, 7) is 10.6. The molecule has 21 heavy (non-hydrogen) atoms. The van der Waals surface area contributed by atoms with Gasteiger partial charge in [0.15, 0.2) is 0 Å². The van der Waals surface area contributed by atoms with Crippen molar-refractivity contribution in [3.05, 3.63) is 35.1 Å². The van der Waals surface area contributed by atoms with Crippen LogP contribution in [-0.4, -0.2) is 31.1 Å². The fourth-order valence-corrected chi connectivity index (χ4v) is 2.81. The molecule has 1 atom stereocenters. The normalized spacial score (nSPS) is 17.0. The first kappa shape index (κ1) is 20.6. The molecule has 1 aliphatic rings. The molecule has 0 unspecified atom stereocenters. The Balaban J connectivity index is 0.00000200. The van der Waals surface area contributed by atoms with E-state index in [1.54, 1.807) is 6.07 Å². The second kappa shape index (κ2) is 9.62. The molecule has 1 saturated heterocycles. The van der Waals surface area contributed by atoms with Crippen LogP contribution in [0.3, 0.4) is 0 Å². The summed E-state index contributed by atoms with van der Waals surface area (Å²) in [7, 11) is 0. The number of hydrogen-bond acceptors (Lipinski definition) is 2. The zero-order valence-electron chi connectivity index (χ0n) is 13.1. The van der Waals surface area contributed by atoms with Gasteiger partial charge in [-0.3, -0.25) is 4.90 Å². The Hall–Kier alpha value is -0.350. The Labute approximate surface area is 140 Å². The van der Waals surface area contributed by atoms with Crippen molar-refractivity contribution in [1.29, 1.82) is 0 Å². The lowest BCUT2D eigenvalue weighted by Crippen LogP contribution is -2.45. The van der Waals surface area contributed by atoms with Gasteiger partial charge in [0.1, 0.15) is 5.82 Å². The zero-order valence-corrected chi connectivity index (χ0v) is 14.7. The fraction of sp³-hybridized carbons (Fsp3) is 0.625. The SMILES string of the molecule is Cc1cc([C@@H](CC(C)C)N2CCNCC2)ccc1F.Cl.Cl. The highest BCUT2D eigenvalue weighted by molar-refractivity contribution is 5.85. The van der Waals surface area contributed by atoms with Crippen LogP contribution in [0.2, 0.25) is 0 Å². The van der Waals surface area contributed by atoms with Crippen LogP contribution in [0.5, 0.6) is 0 Å². The summed E-state index contributed by atoms with van der Waals surface area (Å²) in [6, 6.07) is 6.00. The molecule has 1 N–H and O–H groups in total. The van der Waals surface area contributed by atoms with E-state index >= 15 is 0 Å². The third-order valence-electron chi connectivity index (χ3n) is 3.85. The Morgan fingerprint density at radius 2 is 1.81 bits per heavy atom. The second-order valence-corrected chi connectivity index (χ2v) is 5.94. The monoisotopic (exact) mass is 336 g/mol. The van der Waals surface area contributed by atoms with Crippen molar-refractivity contribution in [2.75, 3.05) is 26.2 Å². The van der Waals surface area contributed by atoms with E-state index < -0.39 is 0 Å². The molecule has 122 valence electrons. The van der Waals surface area contributed by atoms with Crippen LogP contribution < -0.4 is 5.32 Å². The average Bonchev–Trinajstić information content (AvgIpc) is 2.40. The minimum absolute atomic E-state index is 0. The van der Waals surface area contributed by atoms with Crippen LogP contribution >= 0.6 is 24.8 Å². The lowest BCUT2D eigenvalue weighted by Gasteiger charge is -2.36. The maximum Gasteiger partial charge on any atom is 0.126 e. The predicted octanol–water partition coefficient (Wildman–Crippen LogP) is 3.97. The van der Waals surface area contributed by atoms with Crippen LogP contribution in [0.1, 0.15) is 37.4 Å². The molecule has 0 amide bonds. The summed E-state index contributed by atoms with van der Waals surface area (Å²) in [5.41, 5.74) is 2.01. The number of benzene rings is 1. The molecule has 2 rings (SSSR count). The van der Waals surface area contributed by atoms with E-state index in [4.69, 9.17) is 0 Å². The number of nitrogens with one attached hydrogen (secondary N) is 1. The highest BCUT2D eigenvalue weighted by Gasteiger charge is 2.23. The zero-order chi connectivity index (χ0) is 13.8. The highest BCUT2D eigenvalue weighted by atomic mass is 35.5. The fourth-order valence-electron chi connectivity index (χ4n) is 2.81. The van der Waals surface area contributed by atoms with Gasteiger partial charge in [0.25, 0.3) is 0 Å². The molecule has 0 aromatic heterocycles. The smallest absolute Gasteiger partial charge is 0.126 e. The molecule has 0 spiro atoms. The number of halogens is 3. The third kappa shape index (κ3) is 5.74. The van der Waals surface area contributed by atoms with Crippen molar-refractivity contribution in [3.8, 4) is 0 Å². The Bertz CT molecular complexity index is 421. The van der Waals surface area contributed by atoms with E-state index in [1.807, 2.05) is 19.1 Å². The van der Waals surface area contributed by atoms with Gasteiger partial charge in [0.05, 0.1) is 0 Å². The van der Waals surface area contributed by atoms with Gasteiger partial charge in [0.2, 0.25) is 0 Å². The van der Waals surface area contributed by atoms with E-state index in [2.05, 4.69) is 24.1 Å². The van der Waals surface area contributed by atoms with E-state index in [9.17, 15) is 4.39 Å². The molecule has 1 aromatic rings. The first-order chi connectivity index (χ1) is 9.08. The molecule has 1 heterocycles. The summed E-state index contributed by atoms with van der Waals surface area (Å²) >= 11 is 0. The van der Waals surface area contributed by atoms with Crippen molar-refractivity contribution >= 4 is 24.8 Å². The molecular weight excluding hydrogens is 310 g/mol. The van der Waals surface area contributed by atoms with E-state index in [0.29, 0.717) is 12.0 Å². The van der Waals surface area contributed by atoms with Gasteiger partial charge >= 0.3 is 0 Å². The Morgan fingerprint density at radius 3 is 2.33 bits per heavy atom. The lowest BCUT2D eigenvalue weighted by molar-refractivity contribution is 0.154. The molecule has 1 aliphatic heterocycles. The van der Waals surface area contributed by atoms with E-state index in [0.717, 1.165) is 38.2 Å². The number of rotatable bonds is 4. The molecule has 1 fully saturated rings. The molecule has 0 aliphatic carbocycles. The maximum atomic E-state index is 13.4. The topological polar surface area (TPSA) is 15.3 Å². The molecule has 1 aromatic carbocycles. The van der Waals surface area contributed by atoms with Gasteiger partial charge in [-0.15, -0.1) is 24.8 Å². The largest absolute Gasteiger partial charge is 0.314 e. The van der Waals surface area contributed by atoms with Crippen LogP contribution in [0.25, 0.3) is 0 Å². The first-order valence-electron chi connectivity index (χ1n) is 7.28. The number of hydrogen-bond donors (Lipinski definition) is 1. The van der Waals surface area contributed by atoms with Gasteiger partial charge in [-0.2, -0.15) is 0 Å². The number of piperazine rings is 1. The van der Waals surface area contributed by atoms with Gasteiger partial charge < -0.3 is 5.32 Å². The summed E-state index contributed by atoms with van der Waals surface area (Å²) in [4.78, 5) is 2.53. The number of aryl methyl sites for hydroxylation is 1. The van der Waals surface area contributed by atoms with Gasteiger partial charge in [-0.05, 0) is 36.5 Å². The quantitative estimate of drug-likeness (QED) is 0.894. The summed E-state index contributed by atoms with van der Waals surface area (Å²) in [6.07, 6.45) is 1.13. The minimum Gasteiger partial charge on any atom is -0.314 e. The molecule has 0 radical (unpaired) electrons. The molecular formula is C16H27Cl2FN2. The number of nitrogens with zero attached hydrogens (tertiary/aromatic N) is 1. The summed E-state index contributed by atoms with van der Waals surface area (Å²) in [5, 5.41) is 3.39. The van der Waals surface area contributed by atoms with E-state index in [-0.39, 0.29) is 30.6 Å². The Kier molecular flexibility index (Phi) is 9.46. The van der Waals surface area contributed by atoms with Gasteiger partial charge in [-0.25, -0.2) is 4.39 Å². The van der Waals surface area contributed by atoms with Crippen molar-refractivity contribution in [2.45, 2.75) is 33.2 Å². The third-order valence-corrected chi connectivity index (χ3v) is 3.85. The highest BCUT2D eigenvalue weighted by Crippen LogP contribution is 2.29. The minimum atomic E-state index is -0.104. The first-order valence-corrected chi connectivity index (χ1v) is 7.28. The van der Waals surface area contributed by atoms with E-state index in [1.165, 1.54) is 5.56 Å². The molecule has 0 saturated carbocycles. The van der Waals surface area contributed by atoms with Crippen LogP contribution in [-0.2, 0) is 0 Å². The maximum absolute atomic E-state index is 13.4.